The normalized spacial score (nSPS) is 20.0. The summed E-state index contributed by atoms with van der Waals surface area (Å²) in [5, 5.41) is 2.90. The highest BCUT2D eigenvalue weighted by Gasteiger charge is 2.42. The molecule has 1 aliphatic rings. The number of rotatable bonds is 3. The molecular weight excluding hydrogens is 269 g/mol. The summed E-state index contributed by atoms with van der Waals surface area (Å²) in [5.41, 5.74) is 1.97. The molecule has 0 aromatic heterocycles. The van der Waals surface area contributed by atoms with Crippen LogP contribution in [0.5, 0.6) is 5.75 Å². The van der Waals surface area contributed by atoms with Gasteiger partial charge in [0.05, 0.1) is 12.5 Å². The van der Waals surface area contributed by atoms with Crippen LogP contribution in [0.3, 0.4) is 0 Å². The van der Waals surface area contributed by atoms with Gasteiger partial charge in [0.1, 0.15) is 11.6 Å². The Morgan fingerprint density at radius 2 is 1.90 bits per heavy atom. The Kier molecular flexibility index (Phi) is 3.16. The number of fused-ring (bicyclic) bond motifs is 1. The third-order valence-corrected chi connectivity index (χ3v) is 4.04. The van der Waals surface area contributed by atoms with Crippen LogP contribution < -0.4 is 10.1 Å². The van der Waals surface area contributed by atoms with E-state index in [1.807, 2.05) is 25.1 Å². The third kappa shape index (κ3) is 2.27. The minimum Gasteiger partial charge on any atom is -0.497 e. The molecule has 21 heavy (non-hydrogen) atoms. The van der Waals surface area contributed by atoms with Crippen LogP contribution in [-0.4, -0.2) is 13.0 Å². The topological polar surface area (TPSA) is 38.3 Å². The molecule has 2 aromatic rings. The van der Waals surface area contributed by atoms with Crippen molar-refractivity contribution in [1.82, 2.24) is 0 Å². The molecule has 1 amide bonds. The van der Waals surface area contributed by atoms with Crippen LogP contribution in [0.25, 0.3) is 0 Å². The Morgan fingerprint density at radius 3 is 2.57 bits per heavy atom. The highest BCUT2D eigenvalue weighted by Crippen LogP contribution is 2.41. The number of methoxy groups -OCH3 is 1. The van der Waals surface area contributed by atoms with Gasteiger partial charge in [-0.25, -0.2) is 4.39 Å². The molecule has 1 heterocycles. The Hall–Kier alpha value is -2.36. The first-order valence-corrected chi connectivity index (χ1v) is 6.77. The van der Waals surface area contributed by atoms with E-state index in [1.54, 1.807) is 19.2 Å². The molecule has 0 spiro atoms. The van der Waals surface area contributed by atoms with Crippen LogP contribution in [0, 0.1) is 5.82 Å². The highest BCUT2D eigenvalue weighted by atomic mass is 19.1. The van der Waals surface area contributed by atoms with Gasteiger partial charge in [0.15, 0.2) is 0 Å². The van der Waals surface area contributed by atoms with Gasteiger partial charge in [0.25, 0.3) is 0 Å². The lowest BCUT2D eigenvalue weighted by molar-refractivity contribution is -0.120. The average Bonchev–Trinajstić information content (AvgIpc) is 2.73. The zero-order valence-electron chi connectivity index (χ0n) is 11.9. The number of ether oxygens (including phenoxy) is 1. The molecule has 0 aliphatic carbocycles. The first kappa shape index (κ1) is 13.6. The van der Waals surface area contributed by atoms with Crippen molar-refractivity contribution in [3.63, 3.8) is 0 Å². The van der Waals surface area contributed by atoms with Crippen LogP contribution in [0.1, 0.15) is 18.1 Å². The molecule has 0 fully saturated rings. The number of nitrogens with one attached hydrogen (secondary N) is 1. The number of halogens is 1. The smallest absolute Gasteiger partial charge is 0.235 e. The van der Waals surface area contributed by atoms with Gasteiger partial charge in [-0.3, -0.25) is 4.79 Å². The standard InChI is InChI=1S/C17H16FNO2/c1-17(10-11-3-5-12(18)6-4-11)14-9-13(21-2)7-8-15(14)19-16(17)20/h3-9H,10H2,1-2H3,(H,19,20). The molecule has 1 unspecified atom stereocenters. The zero-order valence-corrected chi connectivity index (χ0v) is 11.9. The van der Waals surface area contributed by atoms with Gasteiger partial charge in [0.2, 0.25) is 5.91 Å². The van der Waals surface area contributed by atoms with Gasteiger partial charge in [-0.15, -0.1) is 0 Å². The monoisotopic (exact) mass is 285 g/mol. The molecule has 3 rings (SSSR count). The molecule has 108 valence electrons. The van der Waals surface area contributed by atoms with E-state index >= 15 is 0 Å². The lowest BCUT2D eigenvalue weighted by Gasteiger charge is -2.22. The maximum absolute atomic E-state index is 13.0. The van der Waals surface area contributed by atoms with E-state index in [9.17, 15) is 9.18 Å². The number of hydrogen-bond acceptors (Lipinski definition) is 2. The third-order valence-electron chi connectivity index (χ3n) is 4.04. The predicted octanol–water partition coefficient (Wildman–Crippen LogP) is 3.29. The lowest BCUT2D eigenvalue weighted by atomic mass is 9.78. The van der Waals surface area contributed by atoms with E-state index in [4.69, 9.17) is 4.74 Å². The van der Waals surface area contributed by atoms with E-state index in [1.165, 1.54) is 12.1 Å². The highest BCUT2D eigenvalue weighted by molar-refractivity contribution is 6.06. The van der Waals surface area contributed by atoms with Gasteiger partial charge in [0, 0.05) is 5.69 Å². The number of carbonyl (C=O) groups excluding carboxylic acids is 1. The summed E-state index contributed by atoms with van der Waals surface area (Å²) in [4.78, 5) is 12.4. The van der Waals surface area contributed by atoms with Crippen molar-refractivity contribution < 1.29 is 13.9 Å². The predicted molar refractivity (Wildman–Crippen MR) is 79.1 cm³/mol. The molecule has 4 heteroatoms. The fourth-order valence-electron chi connectivity index (χ4n) is 2.78. The minimum atomic E-state index is -0.679. The fourth-order valence-corrected chi connectivity index (χ4v) is 2.78. The molecule has 0 saturated heterocycles. The number of benzene rings is 2. The van der Waals surface area contributed by atoms with Crippen molar-refractivity contribution in [2.75, 3.05) is 12.4 Å². The van der Waals surface area contributed by atoms with E-state index in [0.717, 1.165) is 22.6 Å². The summed E-state index contributed by atoms with van der Waals surface area (Å²) >= 11 is 0. The van der Waals surface area contributed by atoms with Crippen LogP contribution in [0.2, 0.25) is 0 Å². The van der Waals surface area contributed by atoms with Gasteiger partial charge in [-0.05, 0) is 54.8 Å². The Labute approximate surface area is 122 Å². The van der Waals surface area contributed by atoms with Crippen LogP contribution in [0.15, 0.2) is 42.5 Å². The molecule has 3 nitrogen and oxygen atoms in total. The lowest BCUT2D eigenvalue weighted by Crippen LogP contribution is -2.33. The molecule has 0 bridgehead atoms. The van der Waals surface area contributed by atoms with E-state index in [0.29, 0.717) is 6.42 Å². The number of anilines is 1. The second kappa shape index (κ2) is 4.88. The quantitative estimate of drug-likeness (QED) is 0.939. The van der Waals surface area contributed by atoms with Gasteiger partial charge < -0.3 is 10.1 Å². The van der Waals surface area contributed by atoms with Crippen molar-refractivity contribution in [2.45, 2.75) is 18.8 Å². The summed E-state index contributed by atoms with van der Waals surface area (Å²) in [6, 6.07) is 11.8. The van der Waals surface area contributed by atoms with Crippen molar-refractivity contribution >= 4 is 11.6 Å². The number of carbonyl (C=O) groups is 1. The maximum atomic E-state index is 13.0. The van der Waals surface area contributed by atoms with Crippen molar-refractivity contribution in [1.29, 1.82) is 0 Å². The van der Waals surface area contributed by atoms with E-state index < -0.39 is 5.41 Å². The Bertz CT molecular complexity index is 696. The second-order valence-corrected chi connectivity index (χ2v) is 5.50. The molecule has 0 saturated carbocycles. The molecule has 0 radical (unpaired) electrons. The largest absolute Gasteiger partial charge is 0.497 e. The average molecular weight is 285 g/mol. The molecule has 2 aromatic carbocycles. The van der Waals surface area contributed by atoms with E-state index in [2.05, 4.69) is 5.32 Å². The van der Waals surface area contributed by atoms with Crippen molar-refractivity contribution in [3.8, 4) is 5.75 Å². The summed E-state index contributed by atoms with van der Waals surface area (Å²) in [7, 11) is 1.60. The Balaban J connectivity index is 2.01. The summed E-state index contributed by atoms with van der Waals surface area (Å²) < 4.78 is 18.3. The first-order chi connectivity index (χ1) is 10.0. The van der Waals surface area contributed by atoms with Crippen LogP contribution in [0.4, 0.5) is 10.1 Å². The summed E-state index contributed by atoms with van der Waals surface area (Å²) in [6.45, 7) is 1.90. The van der Waals surface area contributed by atoms with Crippen LogP contribution in [-0.2, 0) is 16.6 Å². The zero-order chi connectivity index (χ0) is 15.0. The first-order valence-electron chi connectivity index (χ1n) is 6.77. The van der Waals surface area contributed by atoms with Gasteiger partial charge in [-0.1, -0.05) is 12.1 Å². The molecule has 1 aliphatic heterocycles. The number of amides is 1. The second-order valence-electron chi connectivity index (χ2n) is 5.50. The van der Waals surface area contributed by atoms with Gasteiger partial charge in [-0.2, -0.15) is 0 Å². The fraction of sp³-hybridized carbons (Fsp3) is 0.235. The van der Waals surface area contributed by atoms with Crippen molar-refractivity contribution in [3.05, 3.63) is 59.4 Å². The number of hydrogen-bond donors (Lipinski definition) is 1. The van der Waals surface area contributed by atoms with Crippen LogP contribution >= 0.6 is 0 Å². The molecular formula is C17H16FNO2. The SMILES string of the molecule is COc1ccc2c(c1)C(C)(Cc1ccc(F)cc1)C(=O)N2. The van der Waals surface area contributed by atoms with Crippen molar-refractivity contribution in [2.24, 2.45) is 0 Å². The van der Waals surface area contributed by atoms with E-state index in [-0.39, 0.29) is 11.7 Å². The molecule has 1 N–H and O–H groups in total. The summed E-state index contributed by atoms with van der Waals surface area (Å²) in [5.74, 6) is 0.396. The summed E-state index contributed by atoms with van der Waals surface area (Å²) in [6.07, 6.45) is 0.513. The molecule has 1 atom stereocenters. The van der Waals surface area contributed by atoms with Gasteiger partial charge >= 0.3 is 0 Å². The minimum absolute atomic E-state index is 0.0462. The maximum Gasteiger partial charge on any atom is 0.235 e. The Morgan fingerprint density at radius 1 is 1.19 bits per heavy atom.